The maximum atomic E-state index is 11.4. The summed E-state index contributed by atoms with van der Waals surface area (Å²) < 4.78 is 0. The van der Waals surface area contributed by atoms with Crippen molar-refractivity contribution in [2.75, 3.05) is 10.8 Å². The minimum Gasteiger partial charge on any atom is -0.352 e. The zero-order valence-electron chi connectivity index (χ0n) is 7.08. The lowest BCUT2D eigenvalue weighted by Crippen LogP contribution is -2.28. The maximum Gasteiger partial charge on any atom is 0.224 e. The highest BCUT2D eigenvalue weighted by Crippen LogP contribution is 2.33. The van der Waals surface area contributed by atoms with Crippen LogP contribution in [0.4, 0.5) is 0 Å². The lowest BCUT2D eigenvalue weighted by atomic mass is 10.0. The van der Waals surface area contributed by atoms with Gasteiger partial charge in [-0.3, -0.25) is 4.79 Å². The molecule has 0 aromatic heterocycles. The van der Waals surface area contributed by atoms with Gasteiger partial charge < -0.3 is 5.32 Å². The van der Waals surface area contributed by atoms with Crippen LogP contribution in [-0.4, -0.2) is 28.0 Å². The van der Waals surface area contributed by atoms with Crippen molar-refractivity contribution in [1.29, 1.82) is 0 Å². The number of rotatable bonds is 0. The molecular formula is C8H13NOS2. The molecule has 0 saturated carbocycles. The Morgan fingerprint density at radius 2 is 2.42 bits per heavy atom. The van der Waals surface area contributed by atoms with Crippen molar-refractivity contribution in [3.05, 3.63) is 0 Å². The van der Waals surface area contributed by atoms with Gasteiger partial charge in [-0.2, -0.15) is 0 Å². The number of amides is 1. The highest BCUT2D eigenvalue weighted by Gasteiger charge is 2.36. The zero-order chi connectivity index (χ0) is 8.55. The van der Waals surface area contributed by atoms with Crippen LogP contribution in [0.2, 0.25) is 0 Å². The standard InChI is InChI=1S/C8H13NOS2/c1-5-7-2-6(9-8(7)10)3-11-4-12-5/h5-7H,2-4H2,1H3,(H,9,10). The summed E-state index contributed by atoms with van der Waals surface area (Å²) in [6, 6.07) is 0.454. The second-order valence-electron chi connectivity index (χ2n) is 3.41. The Kier molecular flexibility index (Phi) is 2.55. The summed E-state index contributed by atoms with van der Waals surface area (Å²) in [4.78, 5) is 11.4. The number of thioether (sulfide) groups is 2. The first kappa shape index (κ1) is 8.75. The second kappa shape index (κ2) is 3.50. The first-order valence-corrected chi connectivity index (χ1v) is 6.47. The molecule has 2 rings (SSSR count). The molecule has 4 heteroatoms. The normalized spacial score (nSPS) is 41.8. The first-order valence-electron chi connectivity index (χ1n) is 4.27. The van der Waals surface area contributed by atoms with Crippen LogP contribution in [-0.2, 0) is 4.79 Å². The molecular weight excluding hydrogens is 190 g/mol. The van der Waals surface area contributed by atoms with Gasteiger partial charge in [0.1, 0.15) is 0 Å². The Morgan fingerprint density at radius 3 is 3.25 bits per heavy atom. The van der Waals surface area contributed by atoms with Crippen molar-refractivity contribution in [1.82, 2.24) is 5.32 Å². The lowest BCUT2D eigenvalue weighted by molar-refractivity contribution is -0.122. The molecule has 2 saturated heterocycles. The summed E-state index contributed by atoms with van der Waals surface area (Å²) in [5, 5.41) is 4.70. The summed E-state index contributed by atoms with van der Waals surface area (Å²) in [5.74, 6) is 1.66. The number of hydrogen-bond donors (Lipinski definition) is 1. The van der Waals surface area contributed by atoms with Gasteiger partial charge in [0.2, 0.25) is 5.91 Å². The fourth-order valence-electron chi connectivity index (χ4n) is 1.76. The van der Waals surface area contributed by atoms with Gasteiger partial charge in [0.15, 0.2) is 0 Å². The van der Waals surface area contributed by atoms with Gasteiger partial charge in [-0.25, -0.2) is 0 Å². The molecule has 2 aliphatic heterocycles. The van der Waals surface area contributed by atoms with E-state index in [0.717, 1.165) is 17.3 Å². The van der Waals surface area contributed by atoms with Crippen LogP contribution in [0.15, 0.2) is 0 Å². The summed E-state index contributed by atoms with van der Waals surface area (Å²) in [6.45, 7) is 2.17. The monoisotopic (exact) mass is 203 g/mol. The predicted molar refractivity (Wildman–Crippen MR) is 54.4 cm³/mol. The quantitative estimate of drug-likeness (QED) is 0.644. The smallest absolute Gasteiger partial charge is 0.224 e. The molecule has 2 nitrogen and oxygen atoms in total. The number of hydrogen-bond acceptors (Lipinski definition) is 3. The fraction of sp³-hybridized carbons (Fsp3) is 0.875. The van der Waals surface area contributed by atoms with Gasteiger partial charge in [-0.05, 0) is 6.42 Å². The number of carbonyl (C=O) groups is 1. The SMILES string of the molecule is CC1SCSCC2CC1C(=O)N2. The highest BCUT2D eigenvalue weighted by atomic mass is 32.2. The Morgan fingerprint density at radius 1 is 1.58 bits per heavy atom. The van der Waals surface area contributed by atoms with E-state index in [1.165, 1.54) is 0 Å². The van der Waals surface area contributed by atoms with E-state index in [0.29, 0.717) is 11.3 Å². The van der Waals surface area contributed by atoms with E-state index >= 15 is 0 Å². The molecule has 0 spiro atoms. The molecule has 1 amide bonds. The van der Waals surface area contributed by atoms with Crippen LogP contribution in [0.3, 0.4) is 0 Å². The lowest BCUT2D eigenvalue weighted by Gasteiger charge is -2.18. The highest BCUT2D eigenvalue weighted by molar-refractivity contribution is 8.16. The molecule has 1 N–H and O–H groups in total. The Hall–Kier alpha value is 0.170. The Labute approximate surface area is 81.2 Å². The third-order valence-corrected chi connectivity index (χ3v) is 5.22. The van der Waals surface area contributed by atoms with E-state index in [4.69, 9.17) is 0 Å². The third kappa shape index (κ3) is 1.59. The molecule has 68 valence electrons. The van der Waals surface area contributed by atoms with Gasteiger partial charge in [-0.1, -0.05) is 6.92 Å². The summed E-state index contributed by atoms with van der Waals surface area (Å²) in [5.41, 5.74) is 0. The topological polar surface area (TPSA) is 29.1 Å². The second-order valence-corrected chi connectivity index (χ2v) is 6.17. The average Bonchev–Trinajstić information content (AvgIpc) is 2.39. The minimum absolute atomic E-state index is 0.279. The molecule has 3 atom stereocenters. The van der Waals surface area contributed by atoms with E-state index < -0.39 is 0 Å². The molecule has 2 heterocycles. The molecule has 0 radical (unpaired) electrons. The molecule has 2 bridgehead atoms. The molecule has 2 fully saturated rings. The third-order valence-electron chi connectivity index (χ3n) is 2.52. The fourth-order valence-corrected chi connectivity index (χ4v) is 4.36. The summed E-state index contributed by atoms with van der Waals surface area (Å²) >= 11 is 3.86. The van der Waals surface area contributed by atoms with Crippen LogP contribution in [0.5, 0.6) is 0 Å². The predicted octanol–water partition coefficient (Wildman–Crippen LogP) is 1.32. The number of carbonyl (C=O) groups excluding carboxylic acids is 1. The molecule has 2 aliphatic rings. The minimum atomic E-state index is 0.279. The van der Waals surface area contributed by atoms with Crippen molar-refractivity contribution >= 4 is 29.4 Å². The van der Waals surface area contributed by atoms with Crippen molar-refractivity contribution in [2.45, 2.75) is 24.6 Å². The number of fused-ring (bicyclic) bond motifs is 2. The van der Waals surface area contributed by atoms with Gasteiger partial charge in [0, 0.05) is 22.1 Å². The van der Waals surface area contributed by atoms with Crippen LogP contribution in [0.1, 0.15) is 13.3 Å². The van der Waals surface area contributed by atoms with Crippen molar-refractivity contribution in [2.24, 2.45) is 5.92 Å². The van der Waals surface area contributed by atoms with Crippen LogP contribution in [0.25, 0.3) is 0 Å². The molecule has 12 heavy (non-hydrogen) atoms. The average molecular weight is 203 g/mol. The molecule has 3 unspecified atom stereocenters. The summed E-state index contributed by atoms with van der Waals surface area (Å²) in [7, 11) is 0. The van der Waals surface area contributed by atoms with Crippen molar-refractivity contribution < 1.29 is 4.79 Å². The van der Waals surface area contributed by atoms with Gasteiger partial charge in [-0.15, -0.1) is 23.5 Å². The maximum absolute atomic E-state index is 11.4. The largest absolute Gasteiger partial charge is 0.352 e. The van der Waals surface area contributed by atoms with Gasteiger partial charge in [0.25, 0.3) is 0 Å². The van der Waals surface area contributed by atoms with E-state index in [2.05, 4.69) is 12.2 Å². The zero-order valence-corrected chi connectivity index (χ0v) is 8.71. The Balaban J connectivity index is 2.09. The van der Waals surface area contributed by atoms with E-state index in [-0.39, 0.29) is 11.8 Å². The molecule has 0 aliphatic carbocycles. The first-order chi connectivity index (χ1) is 5.77. The molecule has 0 aromatic carbocycles. The number of nitrogens with one attached hydrogen (secondary N) is 1. The van der Waals surface area contributed by atoms with E-state index in [9.17, 15) is 4.79 Å². The van der Waals surface area contributed by atoms with E-state index in [1.807, 2.05) is 23.5 Å². The van der Waals surface area contributed by atoms with Gasteiger partial charge in [0.05, 0.1) is 5.92 Å². The van der Waals surface area contributed by atoms with Crippen LogP contribution in [0, 0.1) is 5.92 Å². The van der Waals surface area contributed by atoms with Crippen LogP contribution < -0.4 is 5.32 Å². The van der Waals surface area contributed by atoms with Gasteiger partial charge >= 0.3 is 0 Å². The van der Waals surface area contributed by atoms with Crippen molar-refractivity contribution in [3.63, 3.8) is 0 Å². The summed E-state index contributed by atoms with van der Waals surface area (Å²) in [6.07, 6.45) is 1.06. The Bertz CT molecular complexity index is 197. The molecule has 0 aromatic rings. The van der Waals surface area contributed by atoms with Crippen molar-refractivity contribution in [3.8, 4) is 0 Å². The van der Waals surface area contributed by atoms with E-state index in [1.54, 1.807) is 0 Å². The van der Waals surface area contributed by atoms with Crippen LogP contribution >= 0.6 is 23.5 Å².